The van der Waals surface area contributed by atoms with E-state index in [4.69, 9.17) is 10.6 Å². The van der Waals surface area contributed by atoms with Crippen molar-refractivity contribution in [3.8, 4) is 0 Å². The summed E-state index contributed by atoms with van der Waals surface area (Å²) in [7, 11) is -1.31. The Morgan fingerprint density at radius 3 is 0.900 bits per heavy atom. The first kappa shape index (κ1) is 46.0. The molecule has 0 saturated carbocycles. The third-order valence-corrected chi connectivity index (χ3v) is 16.2. The number of nitrogens with zero attached hydrogens (tertiary/aromatic N) is 2. The van der Waals surface area contributed by atoms with Gasteiger partial charge in [0, 0.05) is 15.8 Å². The van der Waals surface area contributed by atoms with Gasteiger partial charge in [-0.2, -0.15) is 0 Å². The monoisotopic (exact) mass is 746 g/mol. The molecule has 0 saturated heterocycles. The van der Waals surface area contributed by atoms with Crippen molar-refractivity contribution in [2.24, 2.45) is 0 Å². The van der Waals surface area contributed by atoms with Gasteiger partial charge in [0.05, 0.1) is 33.2 Å². The normalized spacial score (nSPS) is 11.2. The molecule has 0 aromatic heterocycles. The van der Waals surface area contributed by atoms with Gasteiger partial charge in [-0.3, -0.25) is 0 Å². The summed E-state index contributed by atoms with van der Waals surface area (Å²) in [6, 6.07) is 22.5. The molecule has 0 heterocycles. The van der Waals surface area contributed by atoms with Crippen molar-refractivity contribution in [3.05, 3.63) is 116 Å². The fourth-order valence-corrected chi connectivity index (χ4v) is 14.3. The Morgan fingerprint density at radius 2 is 0.660 bits per heavy atom. The molecular formula is C44H64N2OP2Ti+2. The topological polar surface area (TPSA) is 56.7 Å². The standard InChI is InChI=1S/2C22H31NP.O.Ti/c2*1-14(2)24(15(3)4)21-13-16(5)9-10-20(21)23-22-18(7)11-17(6)12-19(22)8;;/h2*9-15H,1-8H3;;/q2*-1;-2;+4/p+2. The number of aryl methyl sites for hydroxylation is 8. The molecule has 6 heteroatoms. The van der Waals surface area contributed by atoms with Crippen LogP contribution < -0.4 is 10.6 Å². The summed E-state index contributed by atoms with van der Waals surface area (Å²) in [6.45, 7) is 36.3. The summed E-state index contributed by atoms with van der Waals surface area (Å²) in [4.78, 5) is 0. The van der Waals surface area contributed by atoms with E-state index in [1.54, 1.807) is 0 Å². The molecule has 0 aliphatic rings. The second-order valence-electron chi connectivity index (χ2n) is 15.3. The van der Waals surface area contributed by atoms with Crippen LogP contribution in [-0.2, 0) is 27.2 Å². The van der Waals surface area contributed by atoms with Crippen LogP contribution >= 0.6 is 15.8 Å². The summed E-state index contributed by atoms with van der Waals surface area (Å²) in [6.07, 6.45) is 0. The van der Waals surface area contributed by atoms with E-state index in [1.807, 2.05) is 0 Å². The number of hydrogen-bond donors (Lipinski definition) is 0. The minimum atomic E-state index is -0.654. The Hall–Kier alpha value is -1.99. The van der Waals surface area contributed by atoms with E-state index >= 15 is 0 Å². The Morgan fingerprint density at radius 1 is 0.400 bits per heavy atom. The van der Waals surface area contributed by atoms with Gasteiger partial charge >= 0.3 is 21.7 Å². The van der Waals surface area contributed by atoms with E-state index in [-0.39, 0.29) is 27.2 Å². The SMILES string of the molecule is Cc1cc(C)c([N-]c2ccc(C)cc2[PH+](C(C)C)C(C)C)c(C)c1.Cc1cc(C)c([N-]c2ccc(C)cc2[PH+](C(C)C)C(C)C)c(C)c1.[O-2].[Ti+4]. The van der Waals surface area contributed by atoms with E-state index in [1.165, 1.54) is 66.5 Å². The molecule has 0 fully saturated rings. The van der Waals surface area contributed by atoms with Crippen molar-refractivity contribution in [1.29, 1.82) is 0 Å². The molecule has 0 bridgehead atoms. The third-order valence-electron chi connectivity index (χ3n) is 9.15. The summed E-state index contributed by atoms with van der Waals surface area (Å²) in [5.41, 5.74) is 17.8. The molecule has 4 aromatic carbocycles. The smallest absolute Gasteiger partial charge is 2.00 e. The summed E-state index contributed by atoms with van der Waals surface area (Å²) < 4.78 is 0. The fourth-order valence-electron chi connectivity index (χ4n) is 7.47. The maximum Gasteiger partial charge on any atom is 4.00 e. The Labute approximate surface area is 323 Å². The minimum absolute atomic E-state index is 0. The zero-order chi connectivity index (χ0) is 36.0. The van der Waals surface area contributed by atoms with Crippen LogP contribution in [0.3, 0.4) is 0 Å². The third kappa shape index (κ3) is 12.0. The average molecular weight is 747 g/mol. The Balaban J connectivity index is 0.000000481. The molecular weight excluding hydrogens is 682 g/mol. The van der Waals surface area contributed by atoms with Gasteiger partial charge in [-0.15, -0.1) is 11.4 Å². The first-order valence-electron chi connectivity index (χ1n) is 18.0. The Bertz CT molecular complexity index is 1510. The van der Waals surface area contributed by atoms with Crippen molar-refractivity contribution in [2.75, 3.05) is 0 Å². The van der Waals surface area contributed by atoms with E-state index in [9.17, 15) is 0 Å². The van der Waals surface area contributed by atoms with Crippen molar-refractivity contribution >= 4 is 49.2 Å². The fraction of sp³-hybridized carbons (Fsp3) is 0.455. The maximum atomic E-state index is 5.13. The number of hydrogen-bond acceptors (Lipinski definition) is 0. The van der Waals surface area contributed by atoms with Crippen molar-refractivity contribution in [3.63, 3.8) is 0 Å². The second-order valence-corrected chi connectivity index (χ2v) is 22.8. The zero-order valence-corrected chi connectivity index (χ0v) is 37.4. The van der Waals surface area contributed by atoms with E-state index in [0.29, 0.717) is 22.6 Å². The molecule has 4 aromatic rings. The minimum Gasteiger partial charge on any atom is -2.00 e. The van der Waals surface area contributed by atoms with Gasteiger partial charge in [0.25, 0.3) is 0 Å². The number of rotatable bonds is 10. The van der Waals surface area contributed by atoms with Gasteiger partial charge in [-0.1, -0.05) is 93.3 Å². The van der Waals surface area contributed by atoms with Crippen LogP contribution in [0.15, 0.2) is 60.7 Å². The van der Waals surface area contributed by atoms with Gasteiger partial charge < -0.3 is 16.1 Å². The predicted molar refractivity (Wildman–Crippen MR) is 226 cm³/mol. The quantitative estimate of drug-likeness (QED) is 0.115. The molecule has 0 radical (unpaired) electrons. The van der Waals surface area contributed by atoms with Crippen molar-refractivity contribution in [1.82, 2.24) is 0 Å². The molecule has 4 rings (SSSR count). The van der Waals surface area contributed by atoms with Gasteiger partial charge in [-0.25, -0.2) is 0 Å². The second kappa shape index (κ2) is 20.3. The molecule has 0 aliphatic carbocycles. The van der Waals surface area contributed by atoms with E-state index in [2.05, 4.69) is 171 Å². The van der Waals surface area contributed by atoms with Gasteiger partial charge in [0.2, 0.25) is 0 Å². The van der Waals surface area contributed by atoms with Gasteiger partial charge in [-0.05, 0) is 134 Å². The van der Waals surface area contributed by atoms with Crippen LogP contribution in [0.4, 0.5) is 22.7 Å². The van der Waals surface area contributed by atoms with Crippen LogP contribution in [-0.4, -0.2) is 22.6 Å². The van der Waals surface area contributed by atoms with E-state index in [0.717, 1.165) is 11.4 Å². The molecule has 50 heavy (non-hydrogen) atoms. The largest absolute Gasteiger partial charge is 4.00 e. The zero-order valence-electron chi connectivity index (χ0n) is 33.9. The summed E-state index contributed by atoms with van der Waals surface area (Å²) in [5, 5.41) is 13.2. The first-order valence-corrected chi connectivity index (χ1v) is 21.3. The van der Waals surface area contributed by atoms with Gasteiger partial charge in [0.15, 0.2) is 0 Å². The maximum absolute atomic E-state index is 5.13. The molecule has 0 amide bonds. The molecule has 0 atom stereocenters. The molecule has 268 valence electrons. The summed E-state index contributed by atoms with van der Waals surface area (Å²) in [5.74, 6) is 0. The van der Waals surface area contributed by atoms with E-state index < -0.39 is 15.8 Å². The van der Waals surface area contributed by atoms with Crippen molar-refractivity contribution < 1.29 is 27.2 Å². The van der Waals surface area contributed by atoms with Crippen LogP contribution in [0.2, 0.25) is 0 Å². The molecule has 3 nitrogen and oxygen atoms in total. The average Bonchev–Trinajstić information content (AvgIpc) is 2.94. The molecule has 0 unspecified atom stereocenters. The van der Waals surface area contributed by atoms with Crippen LogP contribution in [0.5, 0.6) is 0 Å². The van der Waals surface area contributed by atoms with Crippen LogP contribution in [0.1, 0.15) is 99.9 Å². The predicted octanol–water partition coefficient (Wildman–Crippen LogP) is 13.7. The van der Waals surface area contributed by atoms with Crippen LogP contribution in [0.25, 0.3) is 10.6 Å². The molecule has 0 spiro atoms. The number of benzene rings is 4. The molecule has 0 N–H and O–H groups in total. The summed E-state index contributed by atoms with van der Waals surface area (Å²) >= 11 is 0. The Kier molecular flexibility index (Phi) is 18.7. The van der Waals surface area contributed by atoms with Gasteiger partial charge in [0.1, 0.15) is 0 Å². The van der Waals surface area contributed by atoms with Crippen LogP contribution in [0, 0.1) is 55.4 Å². The van der Waals surface area contributed by atoms with Crippen molar-refractivity contribution in [2.45, 2.75) is 133 Å². The molecule has 0 aliphatic heterocycles. The first-order chi connectivity index (χ1) is 22.4.